The summed E-state index contributed by atoms with van der Waals surface area (Å²) in [5.41, 5.74) is 0.00539. The van der Waals surface area contributed by atoms with Gasteiger partial charge in [-0.15, -0.1) is 0 Å². The third kappa shape index (κ3) is 6.75. The molecule has 0 radical (unpaired) electrons. The first-order valence-electron chi connectivity index (χ1n) is 7.65. The number of ether oxygens (including phenoxy) is 2. The van der Waals surface area contributed by atoms with E-state index in [4.69, 9.17) is 9.47 Å². The largest absolute Gasteiger partial charge is 0.350 e. The summed E-state index contributed by atoms with van der Waals surface area (Å²) in [6.07, 6.45) is 7.17. The van der Waals surface area contributed by atoms with Crippen LogP contribution in [0.15, 0.2) is 0 Å². The van der Waals surface area contributed by atoms with Crippen molar-refractivity contribution in [3.8, 4) is 0 Å². The lowest BCUT2D eigenvalue weighted by Gasteiger charge is -2.41. The SMILES string of the molecule is CCCCCOC(C)(OCCCCC)C(C)(C)C. The van der Waals surface area contributed by atoms with E-state index in [0.29, 0.717) is 0 Å². The highest BCUT2D eigenvalue weighted by Crippen LogP contribution is 2.35. The minimum atomic E-state index is -0.464. The predicted octanol–water partition coefficient (Wildman–Crippen LogP) is 5.16. The van der Waals surface area contributed by atoms with Gasteiger partial charge < -0.3 is 9.47 Å². The Labute approximate surface area is 114 Å². The molecule has 0 unspecified atom stereocenters. The molecule has 0 aliphatic rings. The van der Waals surface area contributed by atoms with Crippen LogP contribution in [0.2, 0.25) is 0 Å². The molecule has 0 saturated heterocycles. The lowest BCUT2D eigenvalue weighted by molar-refractivity contribution is -0.278. The normalized spacial score (nSPS) is 13.0. The molecule has 0 atom stereocenters. The summed E-state index contributed by atoms with van der Waals surface area (Å²) < 4.78 is 12.1. The first-order valence-corrected chi connectivity index (χ1v) is 7.65. The molecule has 0 N–H and O–H groups in total. The monoisotopic (exact) mass is 258 g/mol. The van der Waals surface area contributed by atoms with E-state index >= 15 is 0 Å². The molecule has 0 aliphatic carbocycles. The Morgan fingerprint density at radius 3 is 1.33 bits per heavy atom. The summed E-state index contributed by atoms with van der Waals surface area (Å²) in [6.45, 7) is 14.7. The van der Waals surface area contributed by atoms with E-state index in [1.165, 1.54) is 25.7 Å². The Morgan fingerprint density at radius 2 is 1.06 bits per heavy atom. The van der Waals surface area contributed by atoms with Crippen molar-refractivity contribution in [2.24, 2.45) is 5.41 Å². The van der Waals surface area contributed by atoms with Gasteiger partial charge in [0.1, 0.15) is 0 Å². The number of hydrogen-bond donors (Lipinski definition) is 0. The van der Waals surface area contributed by atoms with Crippen molar-refractivity contribution >= 4 is 0 Å². The van der Waals surface area contributed by atoms with Gasteiger partial charge in [-0.2, -0.15) is 0 Å². The topological polar surface area (TPSA) is 18.5 Å². The van der Waals surface area contributed by atoms with E-state index in [9.17, 15) is 0 Å². The van der Waals surface area contributed by atoms with Crippen LogP contribution in [-0.4, -0.2) is 19.0 Å². The van der Waals surface area contributed by atoms with Crippen molar-refractivity contribution < 1.29 is 9.47 Å². The third-order valence-electron chi connectivity index (χ3n) is 3.61. The van der Waals surface area contributed by atoms with Gasteiger partial charge in [0.2, 0.25) is 0 Å². The molecule has 0 fully saturated rings. The number of rotatable bonds is 10. The van der Waals surface area contributed by atoms with Crippen LogP contribution >= 0.6 is 0 Å². The first kappa shape index (κ1) is 17.9. The Bertz CT molecular complexity index is 182. The smallest absolute Gasteiger partial charge is 0.170 e. The summed E-state index contributed by atoms with van der Waals surface area (Å²) in [4.78, 5) is 0. The van der Waals surface area contributed by atoms with Crippen molar-refractivity contribution in [3.05, 3.63) is 0 Å². The summed E-state index contributed by atoms with van der Waals surface area (Å²) in [6, 6.07) is 0. The molecule has 2 nitrogen and oxygen atoms in total. The third-order valence-corrected chi connectivity index (χ3v) is 3.61. The van der Waals surface area contributed by atoms with E-state index in [-0.39, 0.29) is 5.41 Å². The van der Waals surface area contributed by atoms with Gasteiger partial charge in [0, 0.05) is 5.41 Å². The van der Waals surface area contributed by atoms with E-state index in [2.05, 4.69) is 41.5 Å². The molecule has 18 heavy (non-hydrogen) atoms. The average Bonchev–Trinajstić information content (AvgIpc) is 2.29. The predicted molar refractivity (Wildman–Crippen MR) is 78.8 cm³/mol. The van der Waals surface area contributed by atoms with Crippen molar-refractivity contribution in [2.75, 3.05) is 13.2 Å². The molecule has 0 rings (SSSR count). The Kier molecular flexibility index (Phi) is 8.89. The van der Waals surface area contributed by atoms with Gasteiger partial charge in [-0.1, -0.05) is 60.3 Å². The second-order valence-electron chi connectivity index (χ2n) is 6.31. The molecule has 0 aliphatic heterocycles. The van der Waals surface area contributed by atoms with E-state index in [1.54, 1.807) is 0 Å². The zero-order valence-electron chi connectivity index (χ0n) is 13.5. The van der Waals surface area contributed by atoms with Gasteiger partial charge in [0.15, 0.2) is 5.79 Å². The fraction of sp³-hybridized carbons (Fsp3) is 1.00. The van der Waals surface area contributed by atoms with Gasteiger partial charge >= 0.3 is 0 Å². The quantitative estimate of drug-likeness (QED) is 0.398. The van der Waals surface area contributed by atoms with Gasteiger partial charge in [0.25, 0.3) is 0 Å². The Hall–Kier alpha value is -0.0800. The van der Waals surface area contributed by atoms with Crippen molar-refractivity contribution in [3.63, 3.8) is 0 Å². The number of unbranched alkanes of at least 4 members (excludes halogenated alkanes) is 4. The molecular weight excluding hydrogens is 224 g/mol. The van der Waals surface area contributed by atoms with Crippen LogP contribution in [0.5, 0.6) is 0 Å². The first-order chi connectivity index (χ1) is 8.37. The molecule has 110 valence electrons. The van der Waals surface area contributed by atoms with E-state index in [1.807, 2.05) is 0 Å². The molecule has 0 aromatic heterocycles. The zero-order valence-corrected chi connectivity index (χ0v) is 13.5. The van der Waals surface area contributed by atoms with Crippen LogP contribution in [-0.2, 0) is 9.47 Å². The standard InChI is InChI=1S/C16H34O2/c1-7-9-11-13-17-16(6,15(3,4)5)18-14-12-10-8-2/h7-14H2,1-6H3. The molecule has 0 bridgehead atoms. The van der Waals surface area contributed by atoms with Gasteiger partial charge in [-0.25, -0.2) is 0 Å². The molecule has 0 heterocycles. The van der Waals surface area contributed by atoms with Crippen molar-refractivity contribution in [2.45, 2.75) is 85.9 Å². The summed E-state index contributed by atoms with van der Waals surface area (Å²) >= 11 is 0. The zero-order chi connectivity index (χ0) is 14.1. The Morgan fingerprint density at radius 1 is 0.667 bits per heavy atom. The average molecular weight is 258 g/mol. The highest BCUT2D eigenvalue weighted by Gasteiger charge is 2.39. The molecule has 0 saturated carbocycles. The van der Waals surface area contributed by atoms with Gasteiger partial charge in [-0.05, 0) is 19.8 Å². The maximum Gasteiger partial charge on any atom is 0.170 e. The molecule has 2 heteroatoms. The summed E-state index contributed by atoms with van der Waals surface area (Å²) in [5.74, 6) is -0.464. The Balaban J connectivity index is 4.17. The van der Waals surface area contributed by atoms with Crippen molar-refractivity contribution in [1.82, 2.24) is 0 Å². The minimum absolute atomic E-state index is 0.00539. The highest BCUT2D eigenvalue weighted by molar-refractivity contribution is 4.80. The van der Waals surface area contributed by atoms with Crippen LogP contribution in [0.4, 0.5) is 0 Å². The number of hydrogen-bond acceptors (Lipinski definition) is 2. The van der Waals surface area contributed by atoms with Crippen LogP contribution < -0.4 is 0 Å². The van der Waals surface area contributed by atoms with E-state index < -0.39 is 5.79 Å². The van der Waals surface area contributed by atoms with E-state index in [0.717, 1.165) is 26.1 Å². The second kappa shape index (κ2) is 8.92. The molecule has 0 aromatic rings. The second-order valence-corrected chi connectivity index (χ2v) is 6.31. The molecule has 0 aromatic carbocycles. The van der Waals surface area contributed by atoms with Crippen LogP contribution in [0.25, 0.3) is 0 Å². The van der Waals surface area contributed by atoms with Crippen LogP contribution in [0.1, 0.15) is 80.1 Å². The maximum atomic E-state index is 6.05. The summed E-state index contributed by atoms with van der Waals surface area (Å²) in [7, 11) is 0. The minimum Gasteiger partial charge on any atom is -0.350 e. The van der Waals surface area contributed by atoms with Gasteiger partial charge in [-0.3, -0.25) is 0 Å². The lowest BCUT2D eigenvalue weighted by atomic mass is 9.86. The molecular formula is C16H34O2. The fourth-order valence-corrected chi connectivity index (χ4v) is 1.71. The fourth-order valence-electron chi connectivity index (χ4n) is 1.71. The van der Waals surface area contributed by atoms with Gasteiger partial charge in [0.05, 0.1) is 13.2 Å². The highest BCUT2D eigenvalue weighted by atomic mass is 16.7. The maximum absolute atomic E-state index is 6.05. The molecule has 0 amide bonds. The summed E-state index contributed by atoms with van der Waals surface area (Å²) in [5, 5.41) is 0. The van der Waals surface area contributed by atoms with Crippen LogP contribution in [0.3, 0.4) is 0 Å². The molecule has 0 spiro atoms. The lowest BCUT2D eigenvalue weighted by Crippen LogP contribution is -2.45. The van der Waals surface area contributed by atoms with Crippen molar-refractivity contribution in [1.29, 1.82) is 0 Å². The van der Waals surface area contributed by atoms with Crippen LogP contribution in [0, 0.1) is 5.41 Å².